The quantitative estimate of drug-likeness (QED) is 0.165. The van der Waals surface area contributed by atoms with E-state index in [1.807, 2.05) is 111 Å². The Morgan fingerprint density at radius 1 is 0.299 bits per heavy atom. The van der Waals surface area contributed by atoms with E-state index in [0.29, 0.717) is 16.8 Å². The van der Waals surface area contributed by atoms with Gasteiger partial charge in [0.05, 0.1) is 22.8 Å². The van der Waals surface area contributed by atoms with Gasteiger partial charge in [-0.3, -0.25) is 19.9 Å². The Kier molecular flexibility index (Phi) is 13.8. The zero-order chi connectivity index (χ0) is 76.6. The van der Waals surface area contributed by atoms with Gasteiger partial charge in [0, 0.05) is 158 Å². The molecule has 8 aromatic heterocycles. The summed E-state index contributed by atoms with van der Waals surface area (Å²) in [5.41, 5.74) is 35.7. The lowest BCUT2D eigenvalue weighted by atomic mass is 9.83. The van der Waals surface area contributed by atoms with Gasteiger partial charge in [0.25, 0.3) is 0 Å². The van der Waals surface area contributed by atoms with Crippen molar-refractivity contribution < 1.29 is 30.6 Å². The molecular formula is C89H94N8+4. The zero-order valence-electron chi connectivity index (χ0n) is 68.5. The number of hydrogen-bond acceptors (Lipinski definition) is 4. The molecule has 4 aromatic carbocycles. The smallest absolute Gasteiger partial charge is 0.212 e. The number of fused-ring (bicyclic) bond motifs is 12. The first kappa shape index (κ1) is 55.2. The lowest BCUT2D eigenvalue weighted by molar-refractivity contribution is -0.666. The molecule has 0 saturated heterocycles. The molecule has 0 amide bonds. The van der Waals surface area contributed by atoms with Crippen molar-refractivity contribution in [3.63, 3.8) is 0 Å². The van der Waals surface area contributed by atoms with Gasteiger partial charge in [-0.1, -0.05) is 104 Å². The van der Waals surface area contributed by atoms with Gasteiger partial charge < -0.3 is 0 Å². The van der Waals surface area contributed by atoms with Gasteiger partial charge >= 0.3 is 0 Å². The van der Waals surface area contributed by atoms with Crippen LogP contribution in [-0.4, -0.2) is 19.9 Å². The van der Waals surface area contributed by atoms with Crippen molar-refractivity contribution in [1.82, 2.24) is 19.9 Å². The highest BCUT2D eigenvalue weighted by molar-refractivity contribution is 5.87. The van der Waals surface area contributed by atoms with Crippen molar-refractivity contribution in [3.8, 4) is 89.5 Å². The summed E-state index contributed by atoms with van der Waals surface area (Å²) >= 11 is 0. The molecule has 8 heterocycles. The van der Waals surface area contributed by atoms with Crippen LogP contribution in [0.5, 0.6) is 0 Å². The van der Waals surface area contributed by atoms with Crippen LogP contribution in [0.15, 0.2) is 189 Å². The minimum atomic E-state index is -2.14. The van der Waals surface area contributed by atoms with Crippen LogP contribution in [-0.2, 0) is 49.9 Å². The Bertz CT molecular complexity index is 5580. The summed E-state index contributed by atoms with van der Waals surface area (Å²) in [6, 6.07) is 50.2. The predicted octanol–water partition coefficient (Wildman–Crippen LogP) is 18.3. The van der Waals surface area contributed by atoms with E-state index < -0.39 is 20.6 Å². The van der Waals surface area contributed by atoms with Gasteiger partial charge in [-0.2, -0.15) is 4.57 Å². The molecule has 0 fully saturated rings. The lowest BCUT2D eigenvalue weighted by Crippen LogP contribution is -2.34. The highest BCUT2D eigenvalue weighted by Crippen LogP contribution is 2.53. The molecule has 8 heteroatoms. The standard InChI is InChI=1S/C23H25N2.3C22H23N2/c1-14-11-21(25(6)13-16(14)3)18-12-20-19(10-15(18)2)17-8-7-9-24-22(17)23(20,4)5;1-14-12-18-16-9-7-11-23-21(16)22(3,4)19(18)13-17(14)20-10-6-8-15(2)24(20)5;1-14-8-9-20(24(5)13-14)17-12-19-18(11-15(17)2)16-7-6-10-23-21(16)22(19,3)4;1-14-8-10-24(5)20(11-14)17-13-19-18(12-15(17)2)16-7-6-9-23-21(16)22(19,3)4/h7-13H,1-6H3;3*6-13H,1-5H3/q4*+1/i3D3;2D3;1D3;. The molecule has 486 valence electrons. The van der Waals surface area contributed by atoms with E-state index in [4.69, 9.17) is 12.3 Å². The molecule has 0 saturated carbocycles. The topological polar surface area (TPSA) is 67.1 Å². The molecule has 97 heavy (non-hydrogen) atoms. The van der Waals surface area contributed by atoms with E-state index in [9.17, 15) is 0 Å². The van der Waals surface area contributed by atoms with Gasteiger partial charge in [0.2, 0.25) is 22.8 Å². The molecule has 4 aliphatic rings. The van der Waals surface area contributed by atoms with E-state index in [1.54, 1.807) is 29.1 Å². The van der Waals surface area contributed by atoms with Crippen molar-refractivity contribution in [3.05, 3.63) is 284 Å². The third-order valence-corrected chi connectivity index (χ3v) is 21.2. The molecule has 0 aliphatic heterocycles. The maximum atomic E-state index is 7.80. The maximum Gasteiger partial charge on any atom is 0.212 e. The fourth-order valence-electron chi connectivity index (χ4n) is 15.6. The maximum absolute atomic E-state index is 7.80. The van der Waals surface area contributed by atoms with Crippen molar-refractivity contribution in [2.24, 2.45) is 28.2 Å². The second-order valence-electron chi connectivity index (χ2n) is 29.3. The highest BCUT2D eigenvalue weighted by Gasteiger charge is 2.42. The van der Waals surface area contributed by atoms with Crippen LogP contribution in [0.2, 0.25) is 0 Å². The Morgan fingerprint density at radius 2 is 0.691 bits per heavy atom. The molecule has 0 spiro atoms. The van der Waals surface area contributed by atoms with Crippen LogP contribution >= 0.6 is 0 Å². The normalized spacial score (nSPS) is 16.1. The summed E-state index contributed by atoms with van der Waals surface area (Å²) in [5.74, 6) is 0. The molecule has 0 N–H and O–H groups in total. The summed E-state index contributed by atoms with van der Waals surface area (Å²) in [7, 11) is 7.75. The van der Waals surface area contributed by atoms with E-state index in [1.165, 1.54) is 106 Å². The molecule has 16 rings (SSSR count). The summed E-state index contributed by atoms with van der Waals surface area (Å²) in [6.07, 6.45) is 13.0. The molecule has 8 nitrogen and oxygen atoms in total. The van der Waals surface area contributed by atoms with Gasteiger partial charge in [-0.25, -0.2) is 13.7 Å². The summed E-state index contributed by atoms with van der Waals surface area (Å²) < 4.78 is 77.4. The molecule has 0 atom stereocenters. The second-order valence-corrected chi connectivity index (χ2v) is 29.3. The average molecular weight is 1280 g/mol. The Hall–Kier alpha value is -9.92. The minimum absolute atomic E-state index is 0.0588. The number of aromatic nitrogens is 8. The van der Waals surface area contributed by atoms with Crippen molar-refractivity contribution in [2.45, 2.75) is 139 Å². The minimum Gasteiger partial charge on any atom is -0.260 e. The van der Waals surface area contributed by atoms with Crippen molar-refractivity contribution in [1.29, 1.82) is 0 Å². The number of aryl methyl sites for hydroxylation is 12. The number of pyridine rings is 8. The number of hydrogen-bond donors (Lipinski definition) is 0. The molecule has 4 aliphatic carbocycles. The third kappa shape index (κ3) is 11.1. The van der Waals surface area contributed by atoms with Crippen molar-refractivity contribution >= 4 is 0 Å². The first-order valence-electron chi connectivity index (χ1n) is 38.1. The predicted molar refractivity (Wildman–Crippen MR) is 396 cm³/mol. The summed E-state index contributed by atoms with van der Waals surface area (Å²) in [5, 5.41) is 0. The van der Waals surface area contributed by atoms with Gasteiger partial charge in [-0.05, 0) is 194 Å². The van der Waals surface area contributed by atoms with E-state index in [0.717, 1.165) is 62.0 Å². The van der Waals surface area contributed by atoms with Gasteiger partial charge in [0.1, 0.15) is 28.2 Å². The molecule has 0 bridgehead atoms. The fraction of sp³-hybridized carbons (Fsp3) is 0.281. The number of nitrogens with zero attached hydrogens (tertiary/aromatic N) is 8. The monoisotopic (exact) mass is 1280 g/mol. The third-order valence-electron chi connectivity index (χ3n) is 21.2. The summed E-state index contributed by atoms with van der Waals surface area (Å²) in [6.45, 7) is 24.0. The van der Waals surface area contributed by atoms with Crippen LogP contribution in [0, 0.1) is 62.1 Å². The van der Waals surface area contributed by atoms with E-state index in [2.05, 4.69) is 213 Å². The molecule has 0 unspecified atom stereocenters. The highest BCUT2D eigenvalue weighted by atomic mass is 14.9. The molecule has 12 aromatic rings. The van der Waals surface area contributed by atoms with Crippen LogP contribution in [0.4, 0.5) is 0 Å². The zero-order valence-corrected chi connectivity index (χ0v) is 59.5. The lowest BCUT2D eigenvalue weighted by Gasteiger charge is -2.21. The molecule has 0 radical (unpaired) electrons. The number of benzene rings is 4. The summed E-state index contributed by atoms with van der Waals surface area (Å²) in [4.78, 5) is 18.6. The Balaban J connectivity index is 0.000000125. The van der Waals surface area contributed by atoms with E-state index >= 15 is 0 Å². The first-order valence-corrected chi connectivity index (χ1v) is 33.6. The first-order chi connectivity index (χ1) is 49.6. The van der Waals surface area contributed by atoms with Gasteiger partial charge in [0.15, 0.2) is 24.3 Å². The van der Waals surface area contributed by atoms with Gasteiger partial charge in [-0.15, -0.1) is 0 Å². The second kappa shape index (κ2) is 24.3. The average Bonchev–Trinajstić information content (AvgIpc) is 1.59. The van der Waals surface area contributed by atoms with Crippen LogP contribution in [0.25, 0.3) is 89.5 Å². The van der Waals surface area contributed by atoms with Crippen LogP contribution in [0.3, 0.4) is 0 Å². The van der Waals surface area contributed by atoms with Crippen molar-refractivity contribution in [2.75, 3.05) is 0 Å². The van der Waals surface area contributed by atoms with Crippen LogP contribution in [0.1, 0.15) is 163 Å². The van der Waals surface area contributed by atoms with E-state index in [-0.39, 0.29) is 21.7 Å². The largest absolute Gasteiger partial charge is 0.260 e. The SMILES string of the molecule is Cc1cc[n+](C)c(-c2cc3c(cc2C)-c2cccnc2C3(C)C)c1.[2H]C([2H])([2H])c1c[n+](C)c(-c2cc3c(cc2C)-c2cccnc2C3(C)C)cc1C.[2H]C([2H])([2H])c1ccc(-c2cc3c(cc2C)-c2cccnc2C3(C)C)[n+](C)c1.[2H]C([2H])([2H])c1cccc(-c2cc3c(cc2C)-c2cccnc2C3(C)C)[n+]1C. The Labute approximate surface area is 588 Å². The Morgan fingerprint density at radius 3 is 1.08 bits per heavy atom. The van der Waals surface area contributed by atoms with Crippen LogP contribution < -0.4 is 18.3 Å². The fourth-order valence-corrected chi connectivity index (χ4v) is 15.6. The molecular weight excluding hydrogens is 1180 g/mol. The number of rotatable bonds is 4.